The topological polar surface area (TPSA) is 65.1 Å². The minimum absolute atomic E-state index is 0.00584. The van der Waals surface area contributed by atoms with Crippen LogP contribution >= 0.6 is 0 Å². The maximum Gasteiger partial charge on any atom is 0.242 e. The molecule has 1 atom stereocenters. The van der Waals surface area contributed by atoms with Crippen LogP contribution in [0.4, 0.5) is 5.69 Å². The van der Waals surface area contributed by atoms with E-state index in [0.29, 0.717) is 13.1 Å². The number of carbonyl (C=O) groups is 2. The van der Waals surface area contributed by atoms with Crippen LogP contribution in [0.25, 0.3) is 0 Å². The van der Waals surface area contributed by atoms with Crippen LogP contribution in [0.1, 0.15) is 26.2 Å². The van der Waals surface area contributed by atoms with Gasteiger partial charge in [-0.2, -0.15) is 0 Å². The molecular formula is C21H32N4O3. The van der Waals surface area contributed by atoms with Crippen molar-refractivity contribution in [2.45, 2.75) is 32.2 Å². The monoisotopic (exact) mass is 388 g/mol. The van der Waals surface area contributed by atoms with Crippen LogP contribution in [-0.4, -0.2) is 80.6 Å². The Hall–Kier alpha value is -2.28. The van der Waals surface area contributed by atoms with E-state index in [-0.39, 0.29) is 17.9 Å². The van der Waals surface area contributed by atoms with E-state index >= 15 is 0 Å². The van der Waals surface area contributed by atoms with Crippen LogP contribution in [0.5, 0.6) is 5.75 Å². The summed E-state index contributed by atoms with van der Waals surface area (Å²) < 4.78 is 5.47. The zero-order chi connectivity index (χ0) is 19.9. The predicted octanol–water partition coefficient (Wildman–Crippen LogP) is 1.33. The summed E-state index contributed by atoms with van der Waals surface area (Å²) in [5.74, 6) is 0.907. The minimum Gasteiger partial charge on any atom is -0.495 e. The van der Waals surface area contributed by atoms with Gasteiger partial charge in [0.15, 0.2) is 0 Å². The Balaban J connectivity index is 1.36. The highest BCUT2D eigenvalue weighted by Crippen LogP contribution is 2.28. The summed E-state index contributed by atoms with van der Waals surface area (Å²) in [4.78, 5) is 30.4. The normalized spacial score (nSPS) is 20.3. The number of hydrogen-bond donors (Lipinski definition) is 1. The first-order valence-corrected chi connectivity index (χ1v) is 10.3. The van der Waals surface area contributed by atoms with Gasteiger partial charge < -0.3 is 19.9 Å². The molecule has 1 aromatic rings. The molecule has 1 N–H and O–H groups in total. The van der Waals surface area contributed by atoms with Gasteiger partial charge in [0.25, 0.3) is 0 Å². The maximum absolute atomic E-state index is 12.3. The van der Waals surface area contributed by atoms with Gasteiger partial charge in [-0.25, -0.2) is 0 Å². The fraction of sp³-hybridized carbons (Fsp3) is 0.619. The molecule has 2 amide bonds. The molecule has 7 heteroatoms. The van der Waals surface area contributed by atoms with E-state index in [1.54, 1.807) is 12.0 Å². The van der Waals surface area contributed by atoms with Gasteiger partial charge in [-0.3, -0.25) is 14.5 Å². The summed E-state index contributed by atoms with van der Waals surface area (Å²) >= 11 is 0. The molecule has 0 aliphatic carbocycles. The largest absolute Gasteiger partial charge is 0.495 e. The number of anilines is 1. The van der Waals surface area contributed by atoms with Gasteiger partial charge in [0, 0.05) is 46.2 Å². The fourth-order valence-electron chi connectivity index (χ4n) is 4.15. The number of piperazine rings is 1. The summed E-state index contributed by atoms with van der Waals surface area (Å²) in [7, 11) is 1.71. The van der Waals surface area contributed by atoms with Crippen molar-refractivity contribution in [1.29, 1.82) is 0 Å². The lowest BCUT2D eigenvalue weighted by molar-refractivity contribution is -0.136. The Morgan fingerprint density at radius 3 is 2.61 bits per heavy atom. The highest BCUT2D eigenvalue weighted by molar-refractivity contribution is 5.87. The van der Waals surface area contributed by atoms with Crippen LogP contribution < -0.4 is 15.0 Å². The first-order valence-electron chi connectivity index (χ1n) is 10.3. The molecule has 0 saturated carbocycles. The van der Waals surface area contributed by atoms with Crippen molar-refractivity contribution < 1.29 is 14.3 Å². The van der Waals surface area contributed by atoms with Crippen molar-refractivity contribution in [3.8, 4) is 5.75 Å². The minimum atomic E-state index is -0.276. The quantitative estimate of drug-likeness (QED) is 0.714. The molecule has 0 aromatic heterocycles. The molecule has 2 fully saturated rings. The van der Waals surface area contributed by atoms with E-state index in [1.807, 2.05) is 18.2 Å². The van der Waals surface area contributed by atoms with Crippen molar-refractivity contribution in [3.05, 3.63) is 24.3 Å². The van der Waals surface area contributed by atoms with E-state index in [9.17, 15) is 9.59 Å². The van der Waals surface area contributed by atoms with Crippen LogP contribution in [0.15, 0.2) is 24.3 Å². The highest BCUT2D eigenvalue weighted by Gasteiger charge is 2.32. The molecule has 0 spiro atoms. The summed E-state index contributed by atoms with van der Waals surface area (Å²) in [6.45, 7) is 7.83. The van der Waals surface area contributed by atoms with E-state index in [1.165, 1.54) is 6.92 Å². The van der Waals surface area contributed by atoms with E-state index in [0.717, 1.165) is 63.4 Å². The predicted molar refractivity (Wildman–Crippen MR) is 110 cm³/mol. The number of methoxy groups -OCH3 is 1. The average Bonchev–Trinajstić information content (AvgIpc) is 3.22. The highest BCUT2D eigenvalue weighted by atomic mass is 16.5. The molecule has 2 heterocycles. The zero-order valence-electron chi connectivity index (χ0n) is 17.0. The molecule has 2 saturated heterocycles. The third kappa shape index (κ3) is 4.95. The van der Waals surface area contributed by atoms with Gasteiger partial charge in [-0.15, -0.1) is 0 Å². The molecule has 0 unspecified atom stereocenters. The van der Waals surface area contributed by atoms with Gasteiger partial charge in [0.2, 0.25) is 11.8 Å². The summed E-state index contributed by atoms with van der Waals surface area (Å²) in [6, 6.07) is 7.87. The number of likely N-dealkylation sites (tertiary alicyclic amines) is 1. The lowest BCUT2D eigenvalue weighted by Gasteiger charge is -2.36. The fourth-order valence-corrected chi connectivity index (χ4v) is 4.15. The van der Waals surface area contributed by atoms with Crippen molar-refractivity contribution in [2.24, 2.45) is 0 Å². The molecule has 7 nitrogen and oxygen atoms in total. The molecule has 2 aliphatic rings. The zero-order valence-corrected chi connectivity index (χ0v) is 17.0. The molecule has 1 aromatic carbocycles. The third-order valence-electron chi connectivity index (χ3n) is 5.71. The number of nitrogens with one attached hydrogen (secondary N) is 1. The Bertz CT molecular complexity index is 673. The van der Waals surface area contributed by atoms with Gasteiger partial charge in [-0.1, -0.05) is 12.1 Å². The van der Waals surface area contributed by atoms with Gasteiger partial charge >= 0.3 is 0 Å². The first kappa shape index (κ1) is 20.5. The molecule has 2 aliphatic heterocycles. The number of rotatable bonds is 7. The molecule has 3 rings (SSSR count). The molecular weight excluding hydrogens is 356 g/mol. The summed E-state index contributed by atoms with van der Waals surface area (Å²) in [5.41, 5.74) is 1.16. The Labute approximate surface area is 167 Å². The molecule has 28 heavy (non-hydrogen) atoms. The second-order valence-corrected chi connectivity index (χ2v) is 7.52. The van der Waals surface area contributed by atoms with Crippen LogP contribution in [0.2, 0.25) is 0 Å². The molecule has 0 bridgehead atoms. The second-order valence-electron chi connectivity index (χ2n) is 7.52. The number of benzene rings is 1. The lowest BCUT2D eigenvalue weighted by Crippen LogP contribution is -2.48. The summed E-state index contributed by atoms with van der Waals surface area (Å²) in [5, 5.41) is 3.01. The number of amides is 2. The Morgan fingerprint density at radius 1 is 1.14 bits per heavy atom. The van der Waals surface area contributed by atoms with Crippen molar-refractivity contribution >= 4 is 17.5 Å². The molecule has 0 radical (unpaired) electrons. The van der Waals surface area contributed by atoms with E-state index in [2.05, 4.69) is 21.2 Å². The standard InChI is InChI=1S/C21H32N4O3/c1-17(26)25-12-5-8-19(25)21(27)22-10-6-11-23-13-15-24(16-14-23)18-7-3-4-9-20(18)28-2/h3-4,7,9,19H,5-6,8,10-16H2,1-2H3,(H,22,27)/t19-/m0/s1. The number of nitrogens with zero attached hydrogens (tertiary/aromatic N) is 3. The number of para-hydroxylation sites is 2. The maximum atomic E-state index is 12.3. The smallest absolute Gasteiger partial charge is 0.242 e. The van der Waals surface area contributed by atoms with Gasteiger partial charge in [-0.05, 0) is 37.9 Å². The first-order chi connectivity index (χ1) is 13.6. The molecule has 154 valence electrons. The van der Waals surface area contributed by atoms with Gasteiger partial charge in [0.1, 0.15) is 11.8 Å². The lowest BCUT2D eigenvalue weighted by atomic mass is 10.2. The van der Waals surface area contributed by atoms with Crippen molar-refractivity contribution in [2.75, 3.05) is 57.8 Å². The Morgan fingerprint density at radius 2 is 1.89 bits per heavy atom. The number of ether oxygens (including phenoxy) is 1. The van der Waals surface area contributed by atoms with Gasteiger partial charge in [0.05, 0.1) is 12.8 Å². The number of carbonyl (C=O) groups excluding carboxylic acids is 2. The van der Waals surface area contributed by atoms with Crippen LogP contribution in [-0.2, 0) is 9.59 Å². The van der Waals surface area contributed by atoms with E-state index < -0.39 is 0 Å². The van der Waals surface area contributed by atoms with Crippen molar-refractivity contribution in [1.82, 2.24) is 15.1 Å². The second kappa shape index (κ2) is 9.78. The van der Waals surface area contributed by atoms with E-state index in [4.69, 9.17) is 4.74 Å². The SMILES string of the molecule is COc1ccccc1N1CCN(CCCNC(=O)[C@@H]2CCCN2C(C)=O)CC1. The summed E-state index contributed by atoms with van der Waals surface area (Å²) in [6.07, 6.45) is 2.61. The van der Waals surface area contributed by atoms with Crippen molar-refractivity contribution in [3.63, 3.8) is 0 Å². The number of hydrogen-bond acceptors (Lipinski definition) is 5. The third-order valence-corrected chi connectivity index (χ3v) is 5.71. The van der Waals surface area contributed by atoms with Crippen LogP contribution in [0.3, 0.4) is 0 Å². The Kier molecular flexibility index (Phi) is 7.14. The average molecular weight is 389 g/mol. The van der Waals surface area contributed by atoms with Crippen LogP contribution in [0, 0.1) is 0 Å².